The molecule has 2 rings (SSSR count). The first-order chi connectivity index (χ1) is 13.2. The van der Waals surface area contributed by atoms with Gasteiger partial charge in [-0.25, -0.2) is 4.98 Å². The van der Waals surface area contributed by atoms with Crippen LogP contribution in [0, 0.1) is 0 Å². The highest BCUT2D eigenvalue weighted by Crippen LogP contribution is 2.29. The number of pyridine rings is 1. The van der Waals surface area contributed by atoms with Crippen molar-refractivity contribution in [2.24, 2.45) is 4.99 Å². The lowest BCUT2D eigenvalue weighted by Gasteiger charge is -2.41. The number of rotatable bonds is 7. The molecular formula is C18H28F3N5O2. The summed E-state index contributed by atoms with van der Waals surface area (Å²) in [5.41, 5.74) is -0.854. The Bertz CT molecular complexity index is 629. The van der Waals surface area contributed by atoms with Crippen LogP contribution in [0.1, 0.15) is 19.4 Å². The van der Waals surface area contributed by atoms with Crippen molar-refractivity contribution in [3.8, 4) is 5.88 Å². The van der Waals surface area contributed by atoms with E-state index in [2.05, 4.69) is 39.4 Å². The molecule has 2 N–H and O–H groups in total. The molecule has 10 heteroatoms. The van der Waals surface area contributed by atoms with Gasteiger partial charge in [-0.3, -0.25) is 9.89 Å². The van der Waals surface area contributed by atoms with E-state index in [9.17, 15) is 13.2 Å². The molecule has 28 heavy (non-hydrogen) atoms. The quantitative estimate of drug-likeness (QED) is 0.411. The summed E-state index contributed by atoms with van der Waals surface area (Å²) in [6, 6.07) is 2.16. The number of aromatic nitrogens is 1. The number of hydrogen-bond acceptors (Lipinski definition) is 5. The second-order valence-corrected chi connectivity index (χ2v) is 7.00. The van der Waals surface area contributed by atoms with E-state index in [0.29, 0.717) is 19.0 Å². The topological polar surface area (TPSA) is 71.0 Å². The van der Waals surface area contributed by atoms with Crippen LogP contribution in [0.4, 0.5) is 13.2 Å². The van der Waals surface area contributed by atoms with Gasteiger partial charge in [-0.05, 0) is 19.9 Å². The molecule has 0 aliphatic carbocycles. The van der Waals surface area contributed by atoms with Gasteiger partial charge in [-0.15, -0.1) is 0 Å². The Morgan fingerprint density at radius 2 is 1.96 bits per heavy atom. The Morgan fingerprint density at radius 1 is 1.25 bits per heavy atom. The van der Waals surface area contributed by atoms with E-state index in [4.69, 9.17) is 9.47 Å². The molecule has 1 aliphatic heterocycles. The Morgan fingerprint density at radius 3 is 2.54 bits per heavy atom. The fourth-order valence-corrected chi connectivity index (χ4v) is 2.76. The average molecular weight is 403 g/mol. The van der Waals surface area contributed by atoms with E-state index in [1.54, 1.807) is 7.05 Å². The number of aliphatic imine (C=N–C) groups is 1. The second-order valence-electron chi connectivity index (χ2n) is 7.00. The zero-order valence-corrected chi connectivity index (χ0v) is 16.5. The maximum absolute atomic E-state index is 12.5. The van der Waals surface area contributed by atoms with Crippen LogP contribution in [0.15, 0.2) is 23.3 Å². The van der Waals surface area contributed by atoms with Gasteiger partial charge in [0.25, 0.3) is 0 Å². The molecule has 7 nitrogen and oxygen atoms in total. The third kappa shape index (κ3) is 6.83. The molecule has 1 saturated heterocycles. The van der Waals surface area contributed by atoms with Gasteiger partial charge in [0.15, 0.2) is 5.96 Å². The first-order valence-corrected chi connectivity index (χ1v) is 9.16. The molecular weight excluding hydrogens is 375 g/mol. The van der Waals surface area contributed by atoms with Gasteiger partial charge in [0.05, 0.1) is 25.3 Å². The lowest BCUT2D eigenvalue weighted by molar-refractivity contribution is -0.137. The van der Waals surface area contributed by atoms with Crippen molar-refractivity contribution in [3.05, 3.63) is 23.9 Å². The number of guanidine groups is 1. The third-order valence-corrected chi connectivity index (χ3v) is 4.49. The molecule has 0 radical (unpaired) electrons. The summed E-state index contributed by atoms with van der Waals surface area (Å²) in [6.45, 7) is 8.98. The number of hydrogen-bond donors (Lipinski definition) is 2. The van der Waals surface area contributed by atoms with Crippen LogP contribution in [0.3, 0.4) is 0 Å². The molecule has 0 unspecified atom stereocenters. The number of ether oxygens (including phenoxy) is 2. The highest BCUT2D eigenvalue weighted by Gasteiger charge is 2.31. The molecule has 0 spiro atoms. The summed E-state index contributed by atoms with van der Waals surface area (Å²) in [7, 11) is 1.68. The number of morpholine rings is 1. The Hall–Kier alpha value is -2.07. The predicted octanol–water partition coefficient (Wildman–Crippen LogP) is 1.75. The van der Waals surface area contributed by atoms with Gasteiger partial charge < -0.3 is 20.1 Å². The minimum absolute atomic E-state index is 0.0535. The molecule has 0 bridgehead atoms. The molecule has 2 heterocycles. The lowest BCUT2D eigenvalue weighted by Crippen LogP contribution is -2.56. The van der Waals surface area contributed by atoms with Gasteiger partial charge in [0.2, 0.25) is 5.88 Å². The van der Waals surface area contributed by atoms with Gasteiger partial charge in [0, 0.05) is 44.5 Å². The van der Waals surface area contributed by atoms with Crippen LogP contribution < -0.4 is 15.4 Å². The summed E-state index contributed by atoms with van der Waals surface area (Å²) < 4.78 is 48.3. The van der Waals surface area contributed by atoms with E-state index in [1.807, 2.05) is 0 Å². The Balaban J connectivity index is 1.70. The highest BCUT2D eigenvalue weighted by molar-refractivity contribution is 5.79. The van der Waals surface area contributed by atoms with Crippen LogP contribution in [-0.4, -0.2) is 74.4 Å². The molecule has 0 aromatic carbocycles. The first kappa shape index (κ1) is 22.2. The SMILES string of the molecule is CN=C(NCCOc1ccc(C(F)(F)F)cn1)NCC(C)(C)N1CCOCC1. The molecule has 1 aliphatic rings. The highest BCUT2D eigenvalue weighted by atomic mass is 19.4. The molecule has 0 atom stereocenters. The van der Waals surface area contributed by atoms with Crippen molar-refractivity contribution < 1.29 is 22.6 Å². The monoisotopic (exact) mass is 403 g/mol. The maximum atomic E-state index is 12.5. The molecule has 1 aromatic rings. The van der Waals surface area contributed by atoms with Gasteiger partial charge in [0.1, 0.15) is 6.61 Å². The van der Waals surface area contributed by atoms with Gasteiger partial charge >= 0.3 is 6.18 Å². The normalized spacial score (nSPS) is 16.7. The van der Waals surface area contributed by atoms with Crippen LogP contribution >= 0.6 is 0 Å². The molecule has 1 aromatic heterocycles. The largest absolute Gasteiger partial charge is 0.476 e. The zero-order valence-electron chi connectivity index (χ0n) is 16.5. The Kier molecular flexibility index (Phi) is 7.88. The number of halogens is 3. The van der Waals surface area contributed by atoms with Crippen molar-refractivity contribution in [1.29, 1.82) is 0 Å². The second kappa shape index (κ2) is 9.92. The predicted molar refractivity (Wildman–Crippen MR) is 101 cm³/mol. The fraction of sp³-hybridized carbons (Fsp3) is 0.667. The first-order valence-electron chi connectivity index (χ1n) is 9.16. The summed E-state index contributed by atoms with van der Waals surface area (Å²) in [5, 5.41) is 6.40. The average Bonchev–Trinajstić information content (AvgIpc) is 2.68. The molecule has 0 amide bonds. The number of nitrogens with one attached hydrogen (secondary N) is 2. The minimum Gasteiger partial charge on any atom is -0.476 e. The van der Waals surface area contributed by atoms with Crippen molar-refractivity contribution >= 4 is 5.96 Å². The zero-order chi connectivity index (χ0) is 20.6. The standard InChI is InChI=1S/C18H28F3N5O2/c1-17(2,26-7-10-27-11-8-26)13-25-16(22-3)23-6-9-28-15-5-4-14(12-24-15)18(19,20)21/h4-5,12H,6-11,13H2,1-3H3,(H2,22,23,25). The van der Waals surface area contributed by atoms with Gasteiger partial charge in [-0.1, -0.05) is 0 Å². The summed E-state index contributed by atoms with van der Waals surface area (Å²) in [5.74, 6) is 0.775. The molecule has 158 valence electrons. The van der Waals surface area contributed by atoms with Crippen LogP contribution in [0.5, 0.6) is 5.88 Å². The summed E-state index contributed by atoms with van der Waals surface area (Å²) in [4.78, 5) is 10.2. The van der Waals surface area contributed by atoms with Crippen LogP contribution in [-0.2, 0) is 10.9 Å². The van der Waals surface area contributed by atoms with E-state index in [1.165, 1.54) is 6.07 Å². The maximum Gasteiger partial charge on any atom is 0.417 e. The number of nitrogens with zero attached hydrogens (tertiary/aromatic N) is 3. The van der Waals surface area contributed by atoms with E-state index in [-0.39, 0.29) is 18.0 Å². The van der Waals surface area contributed by atoms with Crippen molar-refractivity contribution in [2.75, 3.05) is 53.0 Å². The smallest absolute Gasteiger partial charge is 0.417 e. The third-order valence-electron chi connectivity index (χ3n) is 4.49. The molecule has 1 fully saturated rings. The van der Waals surface area contributed by atoms with E-state index < -0.39 is 11.7 Å². The van der Waals surface area contributed by atoms with Crippen LogP contribution in [0.25, 0.3) is 0 Å². The Labute approximate surface area is 163 Å². The summed E-state index contributed by atoms with van der Waals surface area (Å²) in [6.07, 6.45) is -3.64. The fourth-order valence-electron chi connectivity index (χ4n) is 2.76. The lowest BCUT2D eigenvalue weighted by atomic mass is 10.0. The number of alkyl halides is 3. The minimum atomic E-state index is -4.40. The van der Waals surface area contributed by atoms with Crippen LogP contribution in [0.2, 0.25) is 0 Å². The van der Waals surface area contributed by atoms with Crippen molar-refractivity contribution in [1.82, 2.24) is 20.5 Å². The van der Waals surface area contributed by atoms with Crippen molar-refractivity contribution in [3.63, 3.8) is 0 Å². The van der Waals surface area contributed by atoms with E-state index >= 15 is 0 Å². The van der Waals surface area contributed by atoms with E-state index in [0.717, 1.165) is 38.6 Å². The summed E-state index contributed by atoms with van der Waals surface area (Å²) >= 11 is 0. The van der Waals surface area contributed by atoms with Gasteiger partial charge in [-0.2, -0.15) is 13.2 Å². The molecule has 0 saturated carbocycles. The van der Waals surface area contributed by atoms with Crippen molar-refractivity contribution in [2.45, 2.75) is 25.6 Å².